The minimum Gasteiger partial charge on any atom is -0.508 e. The molecule has 5 atom stereocenters. The highest BCUT2D eigenvalue weighted by Crippen LogP contribution is 2.20. The van der Waals surface area contributed by atoms with Gasteiger partial charge in [-0.1, -0.05) is 42.5 Å². The number of aromatic nitrogens is 1. The number of aromatic hydroxyl groups is 2. The van der Waals surface area contributed by atoms with Gasteiger partial charge in [-0.25, -0.2) is 4.79 Å². The molecule has 9 N–H and O–H groups in total. The fourth-order valence-electron chi connectivity index (χ4n) is 6.38. The highest BCUT2D eigenvalue weighted by atomic mass is 32.2. The highest BCUT2D eigenvalue weighted by molar-refractivity contribution is 7.98. The van der Waals surface area contributed by atoms with Gasteiger partial charge in [0.2, 0.25) is 23.6 Å². The van der Waals surface area contributed by atoms with E-state index in [0.717, 1.165) is 22.9 Å². The molecule has 1 aliphatic heterocycles. The molecular formula is C39H46N6O8S. The Bertz CT molecular complexity index is 1910. The number of thioether (sulfide) groups is 1. The molecule has 54 heavy (non-hydrogen) atoms. The molecule has 5 rings (SSSR count). The number of amides is 4. The van der Waals surface area contributed by atoms with Crippen molar-refractivity contribution in [3.8, 4) is 11.5 Å². The number of nitrogens with one attached hydrogen (secondary N) is 6. The summed E-state index contributed by atoms with van der Waals surface area (Å²) >= 11 is 1.46. The zero-order valence-corrected chi connectivity index (χ0v) is 30.7. The van der Waals surface area contributed by atoms with E-state index in [1.165, 1.54) is 36.0 Å². The molecule has 0 aliphatic carbocycles. The maximum Gasteiger partial charge on any atom is 0.326 e. The van der Waals surface area contributed by atoms with Crippen molar-refractivity contribution in [2.45, 2.75) is 68.7 Å². The van der Waals surface area contributed by atoms with Crippen molar-refractivity contribution in [1.29, 1.82) is 0 Å². The summed E-state index contributed by atoms with van der Waals surface area (Å²) in [4.78, 5) is 70.6. The number of carbonyl (C=O) groups excluding carboxylic acids is 4. The van der Waals surface area contributed by atoms with E-state index in [0.29, 0.717) is 29.8 Å². The van der Waals surface area contributed by atoms with Gasteiger partial charge in [-0.2, -0.15) is 11.8 Å². The number of aromatic amines is 1. The maximum atomic E-state index is 14.1. The van der Waals surface area contributed by atoms with Crippen molar-refractivity contribution in [2.24, 2.45) is 0 Å². The molecule has 0 bridgehead atoms. The third-order valence-corrected chi connectivity index (χ3v) is 10.00. The summed E-state index contributed by atoms with van der Waals surface area (Å²) in [5.74, 6) is -3.15. The number of H-pyrrole nitrogens is 1. The molecule has 1 aromatic heterocycles. The smallest absolute Gasteiger partial charge is 0.326 e. The van der Waals surface area contributed by atoms with E-state index in [-0.39, 0.29) is 43.1 Å². The number of benzene rings is 3. The Balaban J connectivity index is 1.36. The summed E-state index contributed by atoms with van der Waals surface area (Å²) in [5.41, 5.74) is 2.81. The van der Waals surface area contributed by atoms with Crippen molar-refractivity contribution in [2.75, 3.05) is 18.6 Å². The molecule has 1 aliphatic rings. The molecule has 0 radical (unpaired) electrons. The van der Waals surface area contributed by atoms with Crippen LogP contribution < -0.4 is 26.6 Å². The lowest BCUT2D eigenvalue weighted by atomic mass is 10.0. The summed E-state index contributed by atoms with van der Waals surface area (Å²) in [7, 11) is 0. The van der Waals surface area contributed by atoms with Crippen LogP contribution in [0, 0.1) is 0 Å². The number of carboxylic acid groups (broad SMARTS) is 1. The van der Waals surface area contributed by atoms with E-state index in [4.69, 9.17) is 0 Å². The second-order valence-corrected chi connectivity index (χ2v) is 14.3. The van der Waals surface area contributed by atoms with E-state index >= 15 is 0 Å². The Labute approximate surface area is 316 Å². The molecule has 1 fully saturated rings. The minimum atomic E-state index is -1.36. The van der Waals surface area contributed by atoms with Crippen LogP contribution in [0.3, 0.4) is 0 Å². The third kappa shape index (κ3) is 11.0. The molecule has 0 saturated carbocycles. The Morgan fingerprint density at radius 1 is 0.741 bits per heavy atom. The van der Waals surface area contributed by atoms with Crippen molar-refractivity contribution in [3.05, 3.63) is 95.7 Å². The van der Waals surface area contributed by atoms with E-state index < -0.39 is 53.9 Å². The number of para-hydroxylation sites is 1. The minimum absolute atomic E-state index is 0.00135. The zero-order chi connectivity index (χ0) is 38.6. The van der Waals surface area contributed by atoms with Crippen LogP contribution >= 0.6 is 11.8 Å². The molecule has 0 spiro atoms. The monoisotopic (exact) mass is 758 g/mol. The number of phenolic OH excluding ortho intramolecular Hbond substituents is 2. The number of hydrogen-bond donors (Lipinski definition) is 9. The number of fused-ring (bicyclic) bond motifs is 1. The van der Waals surface area contributed by atoms with Gasteiger partial charge < -0.3 is 46.9 Å². The molecule has 2 heterocycles. The maximum absolute atomic E-state index is 14.1. The van der Waals surface area contributed by atoms with Crippen LogP contribution in [0.1, 0.15) is 36.0 Å². The predicted molar refractivity (Wildman–Crippen MR) is 205 cm³/mol. The fourth-order valence-corrected chi connectivity index (χ4v) is 6.85. The summed E-state index contributed by atoms with van der Waals surface area (Å²) in [6.45, 7) is 0.692. The van der Waals surface area contributed by atoms with Crippen LogP contribution in [0.15, 0.2) is 79.0 Å². The Kier molecular flexibility index (Phi) is 13.9. The first kappa shape index (κ1) is 39.7. The summed E-state index contributed by atoms with van der Waals surface area (Å²) in [6, 6.07) is 14.3. The normalized spacial score (nSPS) is 16.1. The number of carboxylic acids is 1. The number of aliphatic carboxylic acids is 1. The number of phenols is 2. The Hall–Kier alpha value is -5.54. The molecule has 0 unspecified atom stereocenters. The van der Waals surface area contributed by atoms with Crippen LogP contribution in [-0.2, 0) is 43.2 Å². The van der Waals surface area contributed by atoms with Gasteiger partial charge in [-0.05, 0) is 84.8 Å². The largest absolute Gasteiger partial charge is 0.508 e. The molecule has 15 heteroatoms. The Morgan fingerprint density at radius 2 is 1.30 bits per heavy atom. The van der Waals surface area contributed by atoms with Crippen molar-refractivity contribution >= 4 is 52.3 Å². The van der Waals surface area contributed by atoms with Crippen LogP contribution in [0.4, 0.5) is 0 Å². The third-order valence-electron chi connectivity index (χ3n) is 9.35. The number of carbonyl (C=O) groups is 5. The number of rotatable bonds is 18. The first-order chi connectivity index (χ1) is 26.0. The van der Waals surface area contributed by atoms with E-state index in [1.54, 1.807) is 30.5 Å². The molecule has 286 valence electrons. The molecular weight excluding hydrogens is 713 g/mol. The van der Waals surface area contributed by atoms with Gasteiger partial charge in [-0.15, -0.1) is 0 Å². The highest BCUT2D eigenvalue weighted by Gasteiger charge is 2.33. The summed E-state index contributed by atoms with van der Waals surface area (Å²) in [5, 5.41) is 44.5. The van der Waals surface area contributed by atoms with Crippen LogP contribution in [0.5, 0.6) is 11.5 Å². The van der Waals surface area contributed by atoms with Gasteiger partial charge in [-0.3, -0.25) is 19.2 Å². The second kappa shape index (κ2) is 19.0. The SMILES string of the molecule is CSCC[C@H](NC(=O)[C@H](Cc1c[nH]c2ccccc12)NC(=O)[C@@H]1CCCN1)C(=O)N[C@@H](Cc1ccc(O)cc1)C(=O)N[C@@H](Cc1ccc(O)cc1)C(=O)O. The van der Waals surface area contributed by atoms with E-state index in [9.17, 15) is 39.3 Å². The summed E-state index contributed by atoms with van der Waals surface area (Å²) in [6.07, 6.45) is 5.31. The molecule has 4 amide bonds. The van der Waals surface area contributed by atoms with Crippen molar-refractivity contribution < 1.29 is 39.3 Å². The van der Waals surface area contributed by atoms with Gasteiger partial charge in [0.1, 0.15) is 35.7 Å². The van der Waals surface area contributed by atoms with Crippen molar-refractivity contribution in [3.63, 3.8) is 0 Å². The molecule has 4 aromatic rings. The topological polar surface area (TPSA) is 222 Å². The molecule has 1 saturated heterocycles. The predicted octanol–water partition coefficient (Wildman–Crippen LogP) is 2.14. The first-order valence-corrected chi connectivity index (χ1v) is 19.2. The van der Waals surface area contributed by atoms with Gasteiger partial charge in [0.25, 0.3) is 0 Å². The van der Waals surface area contributed by atoms with E-state index in [1.807, 2.05) is 30.5 Å². The van der Waals surface area contributed by atoms with E-state index in [2.05, 4.69) is 31.6 Å². The number of hydrogen-bond acceptors (Lipinski definition) is 9. The summed E-state index contributed by atoms with van der Waals surface area (Å²) < 4.78 is 0. The average Bonchev–Trinajstić information content (AvgIpc) is 3.85. The second-order valence-electron chi connectivity index (χ2n) is 13.3. The van der Waals surface area contributed by atoms with Crippen LogP contribution in [0.2, 0.25) is 0 Å². The first-order valence-electron chi connectivity index (χ1n) is 17.8. The quantitative estimate of drug-likeness (QED) is 0.0720. The van der Waals surface area contributed by atoms with Gasteiger partial charge in [0, 0.05) is 36.4 Å². The van der Waals surface area contributed by atoms with Crippen molar-refractivity contribution in [1.82, 2.24) is 31.6 Å². The standard InChI is InChI=1S/C39H46N6O8S/c1-54-18-16-31(42-38(51)33(44-35(48)30-7-4-17-40-30)21-25-22-41-29-6-3-2-5-28(25)29)36(49)43-32(19-23-8-12-26(46)13-9-23)37(50)45-34(39(52)53)20-24-10-14-27(47)15-11-24/h2-3,5-6,8-15,22,30-34,40-41,46-47H,4,7,16-21H2,1H3,(H,42,51)(H,43,49)(H,44,48)(H,45,50)(H,52,53)/t30-,31-,32-,33-,34-/m0/s1. The lowest BCUT2D eigenvalue weighted by Crippen LogP contribution is -2.59. The average molecular weight is 759 g/mol. The molecule has 3 aromatic carbocycles. The zero-order valence-electron chi connectivity index (χ0n) is 29.8. The lowest BCUT2D eigenvalue weighted by molar-refractivity contribution is -0.142. The van der Waals surface area contributed by atoms with Crippen LogP contribution in [0.25, 0.3) is 10.9 Å². The van der Waals surface area contributed by atoms with Gasteiger partial charge in [0.15, 0.2) is 0 Å². The molecule has 14 nitrogen and oxygen atoms in total. The lowest BCUT2D eigenvalue weighted by Gasteiger charge is -2.26. The fraction of sp³-hybridized carbons (Fsp3) is 0.359. The Morgan fingerprint density at radius 3 is 1.89 bits per heavy atom. The van der Waals surface area contributed by atoms with Gasteiger partial charge in [0.05, 0.1) is 6.04 Å². The van der Waals surface area contributed by atoms with Gasteiger partial charge >= 0.3 is 5.97 Å². The van der Waals surface area contributed by atoms with Crippen LogP contribution in [-0.4, -0.2) is 98.7 Å².